The zero-order chi connectivity index (χ0) is 14.0. The Labute approximate surface area is 120 Å². The van der Waals surface area contributed by atoms with Crippen LogP contribution in [0.25, 0.3) is 0 Å². The van der Waals surface area contributed by atoms with Crippen molar-refractivity contribution in [3.63, 3.8) is 0 Å². The first-order valence-corrected chi connectivity index (χ1v) is 8.37. The second kappa shape index (κ2) is 5.38. The number of rotatable bonds is 4. The molecule has 0 amide bonds. The summed E-state index contributed by atoms with van der Waals surface area (Å²) in [4.78, 5) is 0.285. The van der Waals surface area contributed by atoms with Crippen LogP contribution in [0.2, 0.25) is 0 Å². The summed E-state index contributed by atoms with van der Waals surface area (Å²) in [6.07, 6.45) is 1.20. The van der Waals surface area contributed by atoms with Crippen molar-refractivity contribution >= 4 is 31.5 Å². The summed E-state index contributed by atoms with van der Waals surface area (Å²) >= 11 is 3.24. The minimum Gasteiger partial charge on any atom is -0.452 e. The lowest BCUT2D eigenvalue weighted by Gasteiger charge is -2.15. The summed E-state index contributed by atoms with van der Waals surface area (Å²) in [6, 6.07) is 10.3. The average Bonchev–Trinajstić information content (AvgIpc) is 2.75. The lowest BCUT2D eigenvalue weighted by atomic mass is 10.2. The molecule has 0 aliphatic heterocycles. The number of anilines is 1. The van der Waals surface area contributed by atoms with Gasteiger partial charge < -0.3 is 9.73 Å². The lowest BCUT2D eigenvalue weighted by molar-refractivity contribution is 0.470. The van der Waals surface area contributed by atoms with Gasteiger partial charge >= 0.3 is 0 Å². The van der Waals surface area contributed by atoms with Crippen molar-refractivity contribution in [2.75, 3.05) is 11.6 Å². The van der Waals surface area contributed by atoms with Crippen LogP contribution in [-0.4, -0.2) is 14.7 Å². The van der Waals surface area contributed by atoms with E-state index in [-0.39, 0.29) is 10.9 Å². The maximum atomic E-state index is 11.7. The zero-order valence-corrected chi connectivity index (χ0v) is 13.0. The summed E-state index contributed by atoms with van der Waals surface area (Å²) in [7, 11) is -3.26. The highest BCUT2D eigenvalue weighted by Crippen LogP contribution is 2.27. The second-order valence-corrected chi connectivity index (χ2v) is 7.04. The normalized spacial score (nSPS) is 13.2. The molecule has 0 spiro atoms. The van der Waals surface area contributed by atoms with Crippen molar-refractivity contribution in [1.29, 1.82) is 0 Å². The molecule has 1 atom stereocenters. The summed E-state index contributed by atoms with van der Waals surface area (Å²) in [5, 5.41) is 3.15. The molecule has 0 fully saturated rings. The SMILES string of the molecule is CC(Nc1ccccc1S(C)(=O)=O)c1ccc(Br)o1. The summed E-state index contributed by atoms with van der Waals surface area (Å²) in [5.41, 5.74) is 0.574. The maximum absolute atomic E-state index is 11.7. The molecule has 4 nitrogen and oxygen atoms in total. The second-order valence-electron chi connectivity index (χ2n) is 4.28. The highest BCUT2D eigenvalue weighted by molar-refractivity contribution is 9.10. The third-order valence-corrected chi connectivity index (χ3v) is 4.26. The van der Waals surface area contributed by atoms with E-state index in [9.17, 15) is 8.42 Å². The van der Waals surface area contributed by atoms with E-state index in [2.05, 4.69) is 21.2 Å². The van der Waals surface area contributed by atoms with E-state index in [1.165, 1.54) is 6.26 Å². The van der Waals surface area contributed by atoms with Gasteiger partial charge in [0.15, 0.2) is 14.5 Å². The van der Waals surface area contributed by atoms with E-state index in [4.69, 9.17) is 4.42 Å². The smallest absolute Gasteiger partial charge is 0.177 e. The molecule has 1 aromatic carbocycles. The molecule has 6 heteroatoms. The van der Waals surface area contributed by atoms with E-state index in [1.807, 2.05) is 13.0 Å². The molecule has 1 aromatic heterocycles. The van der Waals surface area contributed by atoms with Gasteiger partial charge in [-0.15, -0.1) is 0 Å². The maximum Gasteiger partial charge on any atom is 0.177 e. The Morgan fingerprint density at radius 3 is 2.47 bits per heavy atom. The van der Waals surface area contributed by atoms with E-state index in [0.29, 0.717) is 10.4 Å². The molecule has 0 aliphatic rings. The molecule has 102 valence electrons. The lowest BCUT2D eigenvalue weighted by Crippen LogP contribution is -2.09. The van der Waals surface area contributed by atoms with Crippen LogP contribution in [0.15, 0.2) is 50.4 Å². The predicted octanol–water partition coefficient (Wildman–Crippen LogP) is 3.62. The quantitative estimate of drug-likeness (QED) is 0.920. The van der Waals surface area contributed by atoms with Crippen LogP contribution in [0.1, 0.15) is 18.7 Å². The van der Waals surface area contributed by atoms with Crippen LogP contribution in [0.3, 0.4) is 0 Å². The Morgan fingerprint density at radius 2 is 1.89 bits per heavy atom. The highest BCUT2D eigenvalue weighted by Gasteiger charge is 2.16. The van der Waals surface area contributed by atoms with Gasteiger partial charge in [0.2, 0.25) is 0 Å². The Bertz CT molecular complexity index is 679. The Balaban J connectivity index is 2.29. The minimum atomic E-state index is -3.26. The predicted molar refractivity (Wildman–Crippen MR) is 78.0 cm³/mol. The molecule has 0 saturated heterocycles. The molecule has 1 N–H and O–H groups in total. The van der Waals surface area contributed by atoms with Crippen molar-refractivity contribution in [2.24, 2.45) is 0 Å². The van der Waals surface area contributed by atoms with Gasteiger partial charge in [-0.05, 0) is 47.1 Å². The number of para-hydroxylation sites is 1. The van der Waals surface area contributed by atoms with Gasteiger partial charge in [-0.3, -0.25) is 0 Å². The Morgan fingerprint density at radius 1 is 1.21 bits per heavy atom. The van der Waals surface area contributed by atoms with Crippen molar-refractivity contribution in [1.82, 2.24) is 0 Å². The summed E-state index contributed by atoms with van der Waals surface area (Å²) < 4.78 is 29.5. The molecule has 0 bridgehead atoms. The van der Waals surface area contributed by atoms with Crippen LogP contribution >= 0.6 is 15.9 Å². The first-order valence-electron chi connectivity index (χ1n) is 5.69. The van der Waals surface area contributed by atoms with Crippen molar-refractivity contribution < 1.29 is 12.8 Å². The number of halogens is 1. The molecule has 0 radical (unpaired) electrons. The molecule has 0 saturated carbocycles. The van der Waals surface area contributed by atoms with Gasteiger partial charge in [-0.2, -0.15) is 0 Å². The van der Waals surface area contributed by atoms with Crippen LogP contribution < -0.4 is 5.32 Å². The minimum absolute atomic E-state index is 0.130. The number of hydrogen-bond acceptors (Lipinski definition) is 4. The third kappa shape index (κ3) is 3.39. The largest absolute Gasteiger partial charge is 0.452 e. The van der Waals surface area contributed by atoms with Gasteiger partial charge in [0.25, 0.3) is 0 Å². The molecule has 2 rings (SSSR count). The number of benzene rings is 1. The monoisotopic (exact) mass is 343 g/mol. The first-order chi connectivity index (χ1) is 8.88. The van der Waals surface area contributed by atoms with Gasteiger partial charge in [0, 0.05) is 6.26 Å². The molecule has 0 aliphatic carbocycles. The molecule has 1 unspecified atom stereocenters. The molecule has 19 heavy (non-hydrogen) atoms. The van der Waals surface area contributed by atoms with Gasteiger partial charge in [-0.1, -0.05) is 12.1 Å². The van der Waals surface area contributed by atoms with Crippen molar-refractivity contribution in [2.45, 2.75) is 17.9 Å². The van der Waals surface area contributed by atoms with E-state index in [1.54, 1.807) is 30.3 Å². The topological polar surface area (TPSA) is 59.3 Å². The fourth-order valence-electron chi connectivity index (χ4n) is 1.77. The van der Waals surface area contributed by atoms with Crippen LogP contribution in [0.4, 0.5) is 5.69 Å². The average molecular weight is 344 g/mol. The summed E-state index contributed by atoms with van der Waals surface area (Å²) in [5.74, 6) is 0.732. The number of furan rings is 1. The molecular weight excluding hydrogens is 330 g/mol. The summed E-state index contributed by atoms with van der Waals surface area (Å²) in [6.45, 7) is 1.91. The van der Waals surface area contributed by atoms with E-state index < -0.39 is 9.84 Å². The van der Waals surface area contributed by atoms with Crippen LogP contribution in [0.5, 0.6) is 0 Å². The zero-order valence-electron chi connectivity index (χ0n) is 10.6. The van der Waals surface area contributed by atoms with Crippen molar-refractivity contribution in [3.05, 3.63) is 46.8 Å². The number of hydrogen-bond donors (Lipinski definition) is 1. The van der Waals surface area contributed by atoms with Gasteiger partial charge in [-0.25, -0.2) is 8.42 Å². The number of nitrogens with one attached hydrogen (secondary N) is 1. The fourth-order valence-corrected chi connectivity index (χ4v) is 2.95. The standard InChI is InChI=1S/C13H14BrNO3S/c1-9(11-7-8-13(14)18-11)15-10-5-3-4-6-12(10)19(2,16)17/h3-9,15H,1-2H3. The Hall–Kier alpha value is -1.27. The van der Waals surface area contributed by atoms with E-state index in [0.717, 1.165) is 5.76 Å². The van der Waals surface area contributed by atoms with Gasteiger partial charge in [0.1, 0.15) is 5.76 Å². The molecule has 2 aromatic rings. The number of sulfone groups is 1. The third-order valence-electron chi connectivity index (χ3n) is 2.68. The van der Waals surface area contributed by atoms with Crippen molar-refractivity contribution in [3.8, 4) is 0 Å². The molecule has 1 heterocycles. The van der Waals surface area contributed by atoms with Gasteiger partial charge in [0.05, 0.1) is 16.6 Å². The first kappa shape index (κ1) is 14.1. The highest BCUT2D eigenvalue weighted by atomic mass is 79.9. The van der Waals surface area contributed by atoms with E-state index >= 15 is 0 Å². The molecular formula is C13H14BrNO3S. The fraction of sp³-hybridized carbons (Fsp3) is 0.231. The van der Waals surface area contributed by atoms with Crippen LogP contribution in [-0.2, 0) is 9.84 Å². The van der Waals surface area contributed by atoms with Crippen LogP contribution in [0, 0.1) is 0 Å². The Kier molecular flexibility index (Phi) is 4.01.